The molecule has 1 aromatic carbocycles. The maximum Gasteiger partial charge on any atom is 0.246 e. The highest BCUT2D eigenvalue weighted by Gasteiger charge is 2.11. The second kappa shape index (κ2) is 8.31. The van der Waals surface area contributed by atoms with Gasteiger partial charge in [0, 0.05) is 28.6 Å². The van der Waals surface area contributed by atoms with Gasteiger partial charge in [0.25, 0.3) is 0 Å². The molecule has 0 bridgehead atoms. The van der Waals surface area contributed by atoms with Crippen molar-refractivity contribution in [1.82, 2.24) is 4.90 Å². The normalized spacial score (nSPS) is 10.6. The van der Waals surface area contributed by atoms with Gasteiger partial charge >= 0.3 is 0 Å². The Kier molecular flexibility index (Phi) is 6.14. The van der Waals surface area contributed by atoms with Crippen LogP contribution in [-0.2, 0) is 9.59 Å². The number of carbonyl (C=O) groups is 2. The minimum Gasteiger partial charge on any atom is -0.497 e. The van der Waals surface area contributed by atoms with Gasteiger partial charge in [-0.25, -0.2) is 0 Å². The first-order chi connectivity index (χ1) is 11.5. The zero-order valence-corrected chi connectivity index (χ0v) is 14.7. The Hall–Kier alpha value is -2.60. The summed E-state index contributed by atoms with van der Waals surface area (Å²) in [6, 6.07) is 11.0. The predicted molar refractivity (Wildman–Crippen MR) is 97.4 cm³/mol. The van der Waals surface area contributed by atoms with Gasteiger partial charge < -0.3 is 15.0 Å². The van der Waals surface area contributed by atoms with Gasteiger partial charge in [0.1, 0.15) is 5.75 Å². The summed E-state index contributed by atoms with van der Waals surface area (Å²) >= 11 is 1.61. The molecule has 24 heavy (non-hydrogen) atoms. The van der Waals surface area contributed by atoms with Gasteiger partial charge in [0.2, 0.25) is 11.8 Å². The van der Waals surface area contributed by atoms with Crippen molar-refractivity contribution in [2.24, 2.45) is 0 Å². The maximum absolute atomic E-state index is 12.0. The van der Waals surface area contributed by atoms with E-state index in [1.807, 2.05) is 19.1 Å². The van der Waals surface area contributed by atoms with Crippen molar-refractivity contribution in [3.8, 4) is 5.75 Å². The molecule has 1 N–H and O–H groups in total. The number of hydrogen-bond donors (Lipinski definition) is 1. The maximum atomic E-state index is 12.0. The van der Waals surface area contributed by atoms with Crippen LogP contribution in [0.4, 0.5) is 5.69 Å². The summed E-state index contributed by atoms with van der Waals surface area (Å²) in [5, 5.41) is 2.75. The number of ether oxygens (including phenoxy) is 1. The molecule has 0 fully saturated rings. The third-order valence-corrected chi connectivity index (χ3v) is 4.25. The van der Waals surface area contributed by atoms with Crippen LogP contribution < -0.4 is 10.1 Å². The summed E-state index contributed by atoms with van der Waals surface area (Å²) in [6.07, 6.45) is 3.24. The van der Waals surface area contributed by atoms with Gasteiger partial charge in [-0.3, -0.25) is 9.59 Å². The second-order valence-electron chi connectivity index (χ2n) is 5.25. The van der Waals surface area contributed by atoms with Crippen LogP contribution in [-0.4, -0.2) is 37.4 Å². The van der Waals surface area contributed by atoms with Gasteiger partial charge in [-0.15, -0.1) is 11.3 Å². The molecule has 0 saturated heterocycles. The summed E-state index contributed by atoms with van der Waals surface area (Å²) in [7, 11) is 3.18. The number of benzene rings is 1. The molecule has 1 heterocycles. The van der Waals surface area contributed by atoms with Crippen molar-refractivity contribution in [1.29, 1.82) is 0 Å². The van der Waals surface area contributed by atoms with Crippen LogP contribution in [0.5, 0.6) is 5.75 Å². The Morgan fingerprint density at radius 2 is 1.92 bits per heavy atom. The molecule has 0 unspecified atom stereocenters. The number of hydrogen-bond acceptors (Lipinski definition) is 4. The minimum absolute atomic E-state index is 0.0152. The number of rotatable bonds is 6. The molecule has 0 atom stereocenters. The first-order valence-electron chi connectivity index (χ1n) is 7.41. The fraction of sp³-hybridized carbons (Fsp3) is 0.222. The summed E-state index contributed by atoms with van der Waals surface area (Å²) in [4.78, 5) is 27.6. The van der Waals surface area contributed by atoms with E-state index in [-0.39, 0.29) is 18.4 Å². The molecule has 2 amide bonds. The minimum atomic E-state index is -0.253. The molecule has 0 saturated carbocycles. The van der Waals surface area contributed by atoms with Gasteiger partial charge in [-0.1, -0.05) is 0 Å². The molecule has 2 rings (SSSR count). The monoisotopic (exact) mass is 344 g/mol. The van der Waals surface area contributed by atoms with Crippen LogP contribution in [0.15, 0.2) is 42.5 Å². The van der Waals surface area contributed by atoms with E-state index in [1.54, 1.807) is 55.8 Å². The van der Waals surface area contributed by atoms with Crippen molar-refractivity contribution in [2.75, 3.05) is 26.0 Å². The average molecular weight is 344 g/mol. The van der Waals surface area contributed by atoms with Crippen molar-refractivity contribution < 1.29 is 14.3 Å². The van der Waals surface area contributed by atoms with Gasteiger partial charge in [-0.2, -0.15) is 0 Å². The molecule has 1 aromatic heterocycles. The van der Waals surface area contributed by atoms with E-state index in [0.29, 0.717) is 11.4 Å². The topological polar surface area (TPSA) is 58.6 Å². The largest absolute Gasteiger partial charge is 0.497 e. The van der Waals surface area contributed by atoms with Crippen LogP contribution >= 0.6 is 11.3 Å². The molecule has 0 spiro atoms. The molecular formula is C18H20N2O3S. The van der Waals surface area contributed by atoms with Crippen LogP contribution in [0, 0.1) is 6.92 Å². The molecule has 2 aromatic rings. The van der Waals surface area contributed by atoms with E-state index in [4.69, 9.17) is 4.74 Å². The zero-order chi connectivity index (χ0) is 17.5. The molecule has 0 aliphatic rings. The summed E-state index contributed by atoms with van der Waals surface area (Å²) in [6.45, 7) is 2.00. The molecule has 0 aliphatic carbocycles. The smallest absolute Gasteiger partial charge is 0.246 e. The van der Waals surface area contributed by atoms with E-state index in [9.17, 15) is 9.59 Å². The summed E-state index contributed by atoms with van der Waals surface area (Å²) < 4.78 is 5.06. The highest BCUT2D eigenvalue weighted by Crippen LogP contribution is 2.17. The lowest BCUT2D eigenvalue weighted by Gasteiger charge is -2.14. The first-order valence-corrected chi connectivity index (χ1v) is 8.23. The van der Waals surface area contributed by atoms with E-state index in [1.165, 1.54) is 15.9 Å². The molecule has 126 valence electrons. The standard InChI is InChI=1S/C18H20N2O3S/c1-13-4-9-16(24-13)10-11-18(22)20(2)12-17(21)19-14-5-7-15(23-3)8-6-14/h4-11H,12H2,1-3H3,(H,19,21)/b11-10+. The van der Waals surface area contributed by atoms with Gasteiger partial charge in [0.05, 0.1) is 13.7 Å². The van der Waals surface area contributed by atoms with Crippen LogP contribution in [0.1, 0.15) is 9.75 Å². The SMILES string of the molecule is COc1ccc(NC(=O)CN(C)C(=O)/C=C/c2ccc(C)s2)cc1. The zero-order valence-electron chi connectivity index (χ0n) is 13.9. The fourth-order valence-electron chi connectivity index (χ4n) is 1.99. The van der Waals surface area contributed by atoms with Crippen molar-refractivity contribution >= 4 is 34.9 Å². The number of nitrogens with one attached hydrogen (secondary N) is 1. The Morgan fingerprint density at radius 1 is 1.21 bits per heavy atom. The van der Waals surface area contributed by atoms with Crippen molar-refractivity contribution in [3.05, 3.63) is 52.2 Å². The lowest BCUT2D eigenvalue weighted by Crippen LogP contribution is -2.33. The van der Waals surface area contributed by atoms with E-state index in [0.717, 1.165) is 4.88 Å². The summed E-state index contributed by atoms with van der Waals surface area (Å²) in [5.41, 5.74) is 0.659. The van der Waals surface area contributed by atoms with Crippen molar-refractivity contribution in [3.63, 3.8) is 0 Å². The van der Waals surface area contributed by atoms with E-state index < -0.39 is 0 Å². The molecule has 0 aliphatic heterocycles. The molecular weight excluding hydrogens is 324 g/mol. The Balaban J connectivity index is 1.85. The number of carbonyl (C=O) groups excluding carboxylic acids is 2. The Bertz CT molecular complexity index is 735. The number of likely N-dealkylation sites (N-methyl/N-ethyl adjacent to an activating group) is 1. The van der Waals surface area contributed by atoms with Crippen LogP contribution in [0.25, 0.3) is 6.08 Å². The number of amides is 2. The Morgan fingerprint density at radius 3 is 2.50 bits per heavy atom. The molecule has 6 heteroatoms. The second-order valence-corrected chi connectivity index (χ2v) is 6.57. The van der Waals surface area contributed by atoms with Crippen LogP contribution in [0.3, 0.4) is 0 Å². The summed E-state index contributed by atoms with van der Waals surface area (Å²) in [5.74, 6) is 0.247. The predicted octanol–water partition coefficient (Wildman–Crippen LogP) is 3.18. The van der Waals surface area contributed by atoms with E-state index in [2.05, 4.69) is 5.32 Å². The third-order valence-electron chi connectivity index (χ3n) is 3.28. The fourth-order valence-corrected chi connectivity index (χ4v) is 2.77. The Labute approximate surface area is 145 Å². The van der Waals surface area contributed by atoms with Gasteiger partial charge in [-0.05, 0) is 49.4 Å². The molecule has 5 nitrogen and oxygen atoms in total. The number of thiophene rings is 1. The number of aryl methyl sites for hydroxylation is 1. The number of anilines is 1. The number of methoxy groups -OCH3 is 1. The average Bonchev–Trinajstić information content (AvgIpc) is 2.98. The highest BCUT2D eigenvalue weighted by molar-refractivity contribution is 7.12. The highest BCUT2D eigenvalue weighted by atomic mass is 32.1. The third kappa shape index (κ3) is 5.24. The van der Waals surface area contributed by atoms with E-state index >= 15 is 0 Å². The quantitative estimate of drug-likeness (QED) is 0.819. The van der Waals surface area contributed by atoms with Crippen LogP contribution in [0.2, 0.25) is 0 Å². The first kappa shape index (κ1) is 17.7. The molecule has 0 radical (unpaired) electrons. The lowest BCUT2D eigenvalue weighted by molar-refractivity contribution is -0.129. The number of nitrogens with zero attached hydrogens (tertiary/aromatic N) is 1. The van der Waals surface area contributed by atoms with Crippen molar-refractivity contribution in [2.45, 2.75) is 6.92 Å². The van der Waals surface area contributed by atoms with Gasteiger partial charge in [0.15, 0.2) is 0 Å². The lowest BCUT2D eigenvalue weighted by atomic mass is 10.3.